The number of carbonyl (C=O) groups is 1. The first kappa shape index (κ1) is 18.7. The molecule has 25 heavy (non-hydrogen) atoms. The molecule has 7 nitrogen and oxygen atoms in total. The van der Waals surface area contributed by atoms with E-state index in [1.165, 1.54) is 18.2 Å². The van der Waals surface area contributed by atoms with Gasteiger partial charge in [0.1, 0.15) is 5.56 Å². The summed E-state index contributed by atoms with van der Waals surface area (Å²) in [6.45, 7) is -0.0796. The predicted molar refractivity (Wildman–Crippen MR) is 96.2 cm³/mol. The van der Waals surface area contributed by atoms with E-state index in [4.69, 9.17) is 11.6 Å². The second-order valence-electron chi connectivity index (χ2n) is 5.63. The molecule has 1 amide bonds. The first-order chi connectivity index (χ1) is 11.8. The van der Waals surface area contributed by atoms with Crippen molar-refractivity contribution in [3.8, 4) is 0 Å². The Hall–Kier alpha value is -2.64. The van der Waals surface area contributed by atoms with Crippen LogP contribution in [-0.4, -0.2) is 36.6 Å². The average Bonchev–Trinajstić information content (AvgIpc) is 2.59. The minimum absolute atomic E-state index is 0.0796. The van der Waals surface area contributed by atoms with Crippen molar-refractivity contribution in [3.63, 3.8) is 0 Å². The lowest BCUT2D eigenvalue weighted by Gasteiger charge is -2.16. The van der Waals surface area contributed by atoms with Gasteiger partial charge in [0.05, 0.1) is 11.0 Å². The Bertz CT molecular complexity index is 778. The van der Waals surface area contributed by atoms with E-state index in [2.05, 4.69) is 5.32 Å². The van der Waals surface area contributed by atoms with Crippen molar-refractivity contribution in [3.05, 3.63) is 68.7 Å². The fourth-order valence-corrected chi connectivity index (χ4v) is 2.42. The van der Waals surface area contributed by atoms with E-state index < -0.39 is 16.9 Å². The third kappa shape index (κ3) is 4.68. The van der Waals surface area contributed by atoms with Crippen molar-refractivity contribution in [1.82, 2.24) is 5.32 Å². The number of nitro groups is 1. The summed E-state index contributed by atoms with van der Waals surface area (Å²) >= 11 is 5.81. The van der Waals surface area contributed by atoms with E-state index >= 15 is 0 Å². The maximum absolute atomic E-state index is 12.2. The lowest BCUT2D eigenvalue weighted by Crippen LogP contribution is -2.29. The topological polar surface area (TPSA) is 95.7 Å². The van der Waals surface area contributed by atoms with Crippen LogP contribution in [0.25, 0.3) is 0 Å². The molecule has 132 valence electrons. The summed E-state index contributed by atoms with van der Waals surface area (Å²) in [7, 11) is 3.81. The number of benzene rings is 2. The highest BCUT2D eigenvalue weighted by atomic mass is 35.5. The zero-order valence-corrected chi connectivity index (χ0v) is 14.5. The first-order valence-corrected chi connectivity index (χ1v) is 7.85. The quantitative estimate of drug-likeness (QED) is 0.607. The molecule has 2 aromatic rings. The van der Waals surface area contributed by atoms with E-state index in [0.717, 1.165) is 5.69 Å². The molecule has 0 spiro atoms. The van der Waals surface area contributed by atoms with Gasteiger partial charge < -0.3 is 15.3 Å². The van der Waals surface area contributed by atoms with Gasteiger partial charge in [-0.1, -0.05) is 23.7 Å². The van der Waals surface area contributed by atoms with Crippen LogP contribution in [0.1, 0.15) is 22.0 Å². The van der Waals surface area contributed by atoms with E-state index in [0.29, 0.717) is 5.56 Å². The van der Waals surface area contributed by atoms with Gasteiger partial charge >= 0.3 is 0 Å². The van der Waals surface area contributed by atoms with Gasteiger partial charge in [0.2, 0.25) is 0 Å². The van der Waals surface area contributed by atoms with Gasteiger partial charge in [-0.25, -0.2) is 0 Å². The fourth-order valence-electron chi connectivity index (χ4n) is 2.25. The highest BCUT2D eigenvalue weighted by Gasteiger charge is 2.21. The molecule has 1 atom stereocenters. The minimum Gasteiger partial charge on any atom is -0.387 e. The average molecular weight is 364 g/mol. The number of nitro benzene ring substituents is 1. The second-order valence-corrected chi connectivity index (χ2v) is 6.07. The second kappa shape index (κ2) is 7.96. The molecule has 0 aliphatic carbocycles. The van der Waals surface area contributed by atoms with Crippen molar-refractivity contribution >= 4 is 28.9 Å². The van der Waals surface area contributed by atoms with Crippen LogP contribution in [0.2, 0.25) is 5.02 Å². The first-order valence-electron chi connectivity index (χ1n) is 7.47. The Morgan fingerprint density at radius 1 is 1.28 bits per heavy atom. The Balaban J connectivity index is 2.07. The van der Waals surface area contributed by atoms with E-state index in [1.54, 1.807) is 12.1 Å². The Kier molecular flexibility index (Phi) is 5.95. The van der Waals surface area contributed by atoms with Crippen LogP contribution >= 0.6 is 11.6 Å². The largest absolute Gasteiger partial charge is 0.387 e. The van der Waals surface area contributed by atoms with Gasteiger partial charge in [0, 0.05) is 37.4 Å². The summed E-state index contributed by atoms with van der Waals surface area (Å²) in [5, 5.41) is 23.9. The van der Waals surface area contributed by atoms with Crippen molar-refractivity contribution < 1.29 is 14.8 Å². The SMILES string of the molecule is CN(C)c1ccc(C(O)CNC(=O)c2cc(Cl)ccc2[N+](=O)[O-])cc1. The van der Waals surface area contributed by atoms with E-state index in [-0.39, 0.29) is 22.8 Å². The molecule has 0 saturated carbocycles. The number of nitrogens with zero attached hydrogens (tertiary/aromatic N) is 2. The van der Waals surface area contributed by atoms with E-state index in [9.17, 15) is 20.0 Å². The van der Waals surface area contributed by atoms with Gasteiger partial charge in [-0.05, 0) is 29.8 Å². The smallest absolute Gasteiger partial charge is 0.282 e. The third-order valence-corrected chi connectivity index (χ3v) is 3.89. The van der Waals surface area contributed by atoms with Crippen molar-refractivity contribution in [1.29, 1.82) is 0 Å². The number of hydrogen-bond donors (Lipinski definition) is 2. The van der Waals surface area contributed by atoms with Gasteiger partial charge in [-0.15, -0.1) is 0 Å². The van der Waals surface area contributed by atoms with Crippen LogP contribution in [0, 0.1) is 10.1 Å². The van der Waals surface area contributed by atoms with Crippen LogP contribution < -0.4 is 10.2 Å². The molecule has 0 saturated heterocycles. The molecule has 0 aliphatic heterocycles. The molecule has 2 aromatic carbocycles. The maximum Gasteiger partial charge on any atom is 0.282 e. The lowest BCUT2D eigenvalue weighted by molar-refractivity contribution is -0.385. The molecule has 0 heterocycles. The van der Waals surface area contributed by atoms with Crippen LogP contribution in [-0.2, 0) is 0 Å². The molecular weight excluding hydrogens is 346 g/mol. The van der Waals surface area contributed by atoms with Crippen molar-refractivity contribution in [2.45, 2.75) is 6.10 Å². The Labute approximate surface area is 150 Å². The molecule has 8 heteroatoms. The van der Waals surface area contributed by atoms with Crippen LogP contribution in [0.4, 0.5) is 11.4 Å². The number of nitrogens with one attached hydrogen (secondary N) is 1. The number of anilines is 1. The molecular formula is C17H18ClN3O4. The summed E-state index contributed by atoms with van der Waals surface area (Å²) in [6, 6.07) is 11.0. The number of amides is 1. The predicted octanol–water partition coefficient (Wildman–Crippen LogP) is 2.78. The summed E-state index contributed by atoms with van der Waals surface area (Å²) in [5.41, 5.74) is 1.13. The molecule has 2 N–H and O–H groups in total. The van der Waals surface area contributed by atoms with Gasteiger partial charge in [0.15, 0.2) is 0 Å². The zero-order valence-electron chi connectivity index (χ0n) is 13.8. The number of carbonyl (C=O) groups excluding carboxylic acids is 1. The number of aliphatic hydroxyl groups excluding tert-OH is 1. The maximum atomic E-state index is 12.2. The van der Waals surface area contributed by atoms with Crippen LogP contribution in [0.3, 0.4) is 0 Å². The molecule has 1 unspecified atom stereocenters. The number of aliphatic hydroxyl groups is 1. The third-order valence-electron chi connectivity index (χ3n) is 3.65. The molecule has 0 fully saturated rings. The summed E-state index contributed by atoms with van der Waals surface area (Å²) in [4.78, 5) is 24.5. The summed E-state index contributed by atoms with van der Waals surface area (Å²) in [5.74, 6) is -0.668. The van der Waals surface area contributed by atoms with Crippen molar-refractivity contribution in [2.24, 2.45) is 0 Å². The van der Waals surface area contributed by atoms with Gasteiger partial charge in [0.25, 0.3) is 11.6 Å². The monoisotopic (exact) mass is 363 g/mol. The zero-order chi connectivity index (χ0) is 18.6. The van der Waals surface area contributed by atoms with Gasteiger partial charge in [-0.2, -0.15) is 0 Å². The van der Waals surface area contributed by atoms with Gasteiger partial charge in [-0.3, -0.25) is 14.9 Å². The number of rotatable bonds is 6. The highest BCUT2D eigenvalue weighted by Crippen LogP contribution is 2.23. The molecule has 0 aliphatic rings. The highest BCUT2D eigenvalue weighted by molar-refractivity contribution is 6.31. The minimum atomic E-state index is -0.932. The fraction of sp³-hybridized carbons (Fsp3) is 0.235. The summed E-state index contributed by atoms with van der Waals surface area (Å²) in [6.07, 6.45) is -0.932. The number of hydrogen-bond acceptors (Lipinski definition) is 5. The Morgan fingerprint density at radius 2 is 1.92 bits per heavy atom. The molecule has 0 aromatic heterocycles. The summed E-state index contributed by atoms with van der Waals surface area (Å²) < 4.78 is 0. The van der Waals surface area contributed by atoms with E-state index in [1.807, 2.05) is 31.1 Å². The number of halogens is 1. The standard InChI is InChI=1S/C17H18ClN3O4/c1-20(2)13-6-3-11(4-7-13)16(22)10-19-17(23)14-9-12(18)5-8-15(14)21(24)25/h3-9,16,22H,10H2,1-2H3,(H,19,23). The van der Waals surface area contributed by atoms with Crippen molar-refractivity contribution in [2.75, 3.05) is 25.5 Å². The molecule has 2 rings (SSSR count). The molecule has 0 bridgehead atoms. The lowest BCUT2D eigenvalue weighted by atomic mass is 10.1. The van der Waals surface area contributed by atoms with Crippen LogP contribution in [0.5, 0.6) is 0 Å². The normalized spacial score (nSPS) is 11.7. The Morgan fingerprint density at radius 3 is 2.48 bits per heavy atom. The molecule has 0 radical (unpaired) electrons. The van der Waals surface area contributed by atoms with Crippen LogP contribution in [0.15, 0.2) is 42.5 Å².